The van der Waals surface area contributed by atoms with Gasteiger partial charge in [0.1, 0.15) is 23.6 Å². The highest BCUT2D eigenvalue weighted by molar-refractivity contribution is 6.07. The lowest BCUT2D eigenvalue weighted by molar-refractivity contribution is -0.274. The van der Waals surface area contributed by atoms with Crippen LogP contribution >= 0.6 is 0 Å². The van der Waals surface area contributed by atoms with Gasteiger partial charge < -0.3 is 19.5 Å². The number of carbonyl (C=O) groups is 3. The summed E-state index contributed by atoms with van der Waals surface area (Å²) in [5, 5.41) is 2.56. The number of methoxy groups -OCH3 is 1. The Balaban J connectivity index is 1.62. The number of carbonyl (C=O) groups excluding carboxylic acids is 3. The highest BCUT2D eigenvalue weighted by Crippen LogP contribution is 2.31. The fourth-order valence-corrected chi connectivity index (χ4v) is 3.15. The second kappa shape index (κ2) is 8.77. The number of hydrogen-bond acceptors (Lipinski definition) is 6. The number of nitrogens with zero attached hydrogens (tertiary/aromatic N) is 1. The molecule has 0 bridgehead atoms. The van der Waals surface area contributed by atoms with Gasteiger partial charge in [0, 0.05) is 0 Å². The number of amides is 3. The van der Waals surface area contributed by atoms with Crippen LogP contribution in [0, 0.1) is 0 Å². The minimum atomic E-state index is -4.83. The van der Waals surface area contributed by atoms with Crippen LogP contribution in [0.5, 0.6) is 11.5 Å². The molecular formula is C21H19F3N2O6. The number of nitrogens with one attached hydrogen (secondary N) is 1. The van der Waals surface area contributed by atoms with Gasteiger partial charge in [-0.05, 0) is 48.9 Å². The molecule has 8 nitrogen and oxygen atoms in total. The van der Waals surface area contributed by atoms with Gasteiger partial charge >= 0.3 is 18.4 Å². The lowest BCUT2D eigenvalue weighted by atomic mass is 9.92. The van der Waals surface area contributed by atoms with Gasteiger partial charge in [-0.1, -0.05) is 12.1 Å². The molecule has 0 aliphatic carbocycles. The van der Waals surface area contributed by atoms with Crippen LogP contribution in [-0.2, 0) is 15.1 Å². The summed E-state index contributed by atoms with van der Waals surface area (Å²) in [6, 6.07) is 10.2. The van der Waals surface area contributed by atoms with Crippen molar-refractivity contribution in [2.45, 2.75) is 18.8 Å². The van der Waals surface area contributed by atoms with Crippen molar-refractivity contribution in [2.24, 2.45) is 0 Å². The van der Waals surface area contributed by atoms with Crippen LogP contribution in [0.4, 0.5) is 18.0 Å². The molecule has 1 heterocycles. The molecule has 11 heteroatoms. The fourth-order valence-electron chi connectivity index (χ4n) is 3.15. The van der Waals surface area contributed by atoms with Crippen molar-refractivity contribution in [3.05, 3.63) is 59.7 Å². The molecule has 1 fully saturated rings. The number of imide groups is 1. The predicted octanol–water partition coefficient (Wildman–Crippen LogP) is 3.22. The van der Waals surface area contributed by atoms with Crippen LogP contribution in [0.1, 0.15) is 22.8 Å². The zero-order valence-electron chi connectivity index (χ0n) is 17.1. The van der Waals surface area contributed by atoms with Crippen LogP contribution < -0.4 is 14.8 Å². The number of ether oxygens (including phenoxy) is 3. The second-order valence-corrected chi connectivity index (χ2v) is 6.95. The first-order valence-corrected chi connectivity index (χ1v) is 9.35. The molecule has 3 amide bonds. The first kappa shape index (κ1) is 22.9. The molecule has 2 aromatic carbocycles. The summed E-state index contributed by atoms with van der Waals surface area (Å²) in [7, 11) is 1.27. The molecule has 3 rings (SSSR count). The highest BCUT2D eigenvalue weighted by atomic mass is 19.4. The van der Waals surface area contributed by atoms with Crippen molar-refractivity contribution < 1.29 is 41.8 Å². The van der Waals surface area contributed by atoms with E-state index < -0.39 is 35.6 Å². The Morgan fingerprint density at radius 2 is 1.62 bits per heavy atom. The van der Waals surface area contributed by atoms with Gasteiger partial charge in [0.2, 0.25) is 0 Å². The van der Waals surface area contributed by atoms with Crippen molar-refractivity contribution in [2.75, 3.05) is 20.3 Å². The number of hydrogen-bond donors (Lipinski definition) is 1. The lowest BCUT2D eigenvalue weighted by Gasteiger charge is -2.22. The van der Waals surface area contributed by atoms with Crippen molar-refractivity contribution in [3.8, 4) is 11.5 Å². The van der Waals surface area contributed by atoms with Gasteiger partial charge in [0.15, 0.2) is 0 Å². The Kier molecular flexibility index (Phi) is 6.28. The minimum Gasteiger partial charge on any atom is -0.492 e. The maximum atomic E-state index is 12.9. The van der Waals surface area contributed by atoms with Gasteiger partial charge in [0.05, 0.1) is 19.2 Å². The van der Waals surface area contributed by atoms with Crippen LogP contribution in [-0.4, -0.2) is 49.4 Å². The number of alkyl halides is 3. The van der Waals surface area contributed by atoms with E-state index in [0.717, 1.165) is 17.0 Å². The molecule has 170 valence electrons. The zero-order chi connectivity index (χ0) is 23.5. The van der Waals surface area contributed by atoms with E-state index in [1.165, 1.54) is 38.3 Å². The zero-order valence-corrected chi connectivity index (χ0v) is 17.1. The summed E-state index contributed by atoms with van der Waals surface area (Å²) < 4.78 is 50.9. The van der Waals surface area contributed by atoms with Gasteiger partial charge in [0.25, 0.3) is 5.91 Å². The van der Waals surface area contributed by atoms with E-state index in [2.05, 4.69) is 14.8 Å². The predicted molar refractivity (Wildman–Crippen MR) is 104 cm³/mol. The Bertz CT molecular complexity index is 1010. The number of benzene rings is 2. The molecule has 1 saturated heterocycles. The maximum Gasteiger partial charge on any atom is 0.573 e. The molecule has 0 spiro atoms. The molecule has 1 N–H and O–H groups in total. The summed E-state index contributed by atoms with van der Waals surface area (Å²) in [5.41, 5.74) is -0.806. The van der Waals surface area contributed by atoms with E-state index in [-0.39, 0.29) is 13.2 Å². The van der Waals surface area contributed by atoms with Crippen molar-refractivity contribution in [1.82, 2.24) is 10.2 Å². The summed E-state index contributed by atoms with van der Waals surface area (Å²) in [6.45, 7) is 1.39. The van der Waals surface area contributed by atoms with Gasteiger partial charge in [-0.3, -0.25) is 9.69 Å². The van der Waals surface area contributed by atoms with Gasteiger partial charge in [-0.2, -0.15) is 0 Å². The van der Waals surface area contributed by atoms with E-state index in [1.54, 1.807) is 12.1 Å². The molecule has 2 aromatic rings. The average molecular weight is 452 g/mol. The Labute approximate surface area is 180 Å². The quantitative estimate of drug-likeness (QED) is 0.512. The molecule has 1 atom stereocenters. The topological polar surface area (TPSA) is 94.2 Å². The third kappa shape index (κ3) is 4.93. The molecular weight excluding hydrogens is 433 g/mol. The van der Waals surface area contributed by atoms with Crippen molar-refractivity contribution in [1.29, 1.82) is 0 Å². The fraction of sp³-hybridized carbons (Fsp3) is 0.286. The molecule has 1 aliphatic rings. The Morgan fingerprint density at radius 1 is 1.03 bits per heavy atom. The monoisotopic (exact) mass is 452 g/mol. The lowest BCUT2D eigenvalue weighted by Crippen LogP contribution is -2.41. The van der Waals surface area contributed by atoms with E-state index in [1.807, 2.05) is 0 Å². The molecule has 32 heavy (non-hydrogen) atoms. The second-order valence-electron chi connectivity index (χ2n) is 6.95. The third-order valence-corrected chi connectivity index (χ3v) is 4.80. The number of rotatable bonds is 7. The summed E-state index contributed by atoms with van der Waals surface area (Å²) in [6.07, 6.45) is -4.83. The minimum absolute atomic E-state index is 0.00876. The normalized spacial score (nSPS) is 18.3. The third-order valence-electron chi connectivity index (χ3n) is 4.80. The summed E-state index contributed by atoms with van der Waals surface area (Å²) in [5.74, 6) is -1.08. The van der Waals surface area contributed by atoms with Crippen molar-refractivity contribution in [3.63, 3.8) is 0 Å². The standard InChI is InChI=1S/C21H19F3N2O6/c1-20(14-5-9-16(10-6-14)32-21(22,23)24)18(28)26(19(29)25-20)11-12-31-15-7-3-13(4-8-15)17(27)30-2/h3-10H,11-12H2,1-2H3,(H,25,29). The van der Waals surface area contributed by atoms with E-state index in [0.29, 0.717) is 16.9 Å². The summed E-state index contributed by atoms with van der Waals surface area (Å²) >= 11 is 0. The van der Waals surface area contributed by atoms with E-state index in [4.69, 9.17) is 4.74 Å². The molecule has 1 unspecified atom stereocenters. The van der Waals surface area contributed by atoms with Crippen LogP contribution in [0.3, 0.4) is 0 Å². The largest absolute Gasteiger partial charge is 0.573 e. The van der Waals surface area contributed by atoms with Crippen LogP contribution in [0.15, 0.2) is 48.5 Å². The number of esters is 1. The highest BCUT2D eigenvalue weighted by Gasteiger charge is 2.48. The van der Waals surface area contributed by atoms with Crippen molar-refractivity contribution >= 4 is 17.9 Å². The maximum absolute atomic E-state index is 12.9. The molecule has 0 saturated carbocycles. The number of urea groups is 1. The summed E-state index contributed by atoms with van der Waals surface area (Å²) in [4.78, 5) is 37.6. The SMILES string of the molecule is COC(=O)c1ccc(OCCN2C(=O)NC(C)(c3ccc(OC(F)(F)F)cc3)C2=O)cc1. The van der Waals surface area contributed by atoms with E-state index in [9.17, 15) is 27.6 Å². The van der Waals surface area contributed by atoms with Gasteiger partial charge in [-0.15, -0.1) is 13.2 Å². The molecule has 0 aromatic heterocycles. The van der Waals surface area contributed by atoms with Gasteiger partial charge in [-0.25, -0.2) is 9.59 Å². The first-order valence-electron chi connectivity index (χ1n) is 9.35. The van der Waals surface area contributed by atoms with E-state index >= 15 is 0 Å². The Hall–Kier alpha value is -3.76. The van der Waals surface area contributed by atoms with Crippen LogP contribution in [0.2, 0.25) is 0 Å². The molecule has 1 aliphatic heterocycles. The smallest absolute Gasteiger partial charge is 0.492 e. The van der Waals surface area contributed by atoms with Crippen LogP contribution in [0.25, 0.3) is 0 Å². The average Bonchev–Trinajstić information content (AvgIpc) is 2.96. The molecule has 0 radical (unpaired) electrons. The Morgan fingerprint density at radius 3 is 2.19 bits per heavy atom. The number of halogens is 3. The first-order chi connectivity index (χ1) is 15.0.